The Labute approximate surface area is 87.4 Å². The molecule has 0 aromatic carbocycles. The van der Waals surface area contributed by atoms with E-state index in [0.717, 1.165) is 6.42 Å². The highest BCUT2D eigenvalue weighted by molar-refractivity contribution is 5.46. The largest absolute Gasteiger partial charge is 0.120 e. The topological polar surface area (TPSA) is 0 Å². The fraction of sp³-hybridized carbons (Fsp3) is 0.429. The molecule has 0 unspecified atom stereocenters. The normalized spacial score (nSPS) is 17.1. The quantitative estimate of drug-likeness (QED) is 0.449. The average molecular weight is 186 g/mol. The van der Waals surface area contributed by atoms with E-state index in [0.29, 0.717) is 0 Å². The Morgan fingerprint density at radius 2 is 2.21 bits per heavy atom. The lowest BCUT2D eigenvalue weighted by Gasteiger charge is -1.98. The summed E-state index contributed by atoms with van der Waals surface area (Å²) in [6, 6.07) is 0. The summed E-state index contributed by atoms with van der Waals surface area (Å²) in [5, 5.41) is 0. The van der Waals surface area contributed by atoms with Crippen LogP contribution >= 0.6 is 0 Å². The van der Waals surface area contributed by atoms with Crippen molar-refractivity contribution in [3.63, 3.8) is 0 Å². The second-order valence-corrected chi connectivity index (χ2v) is 3.67. The molecule has 1 aliphatic carbocycles. The van der Waals surface area contributed by atoms with Gasteiger partial charge < -0.3 is 0 Å². The Morgan fingerprint density at radius 3 is 2.86 bits per heavy atom. The number of allylic oxidation sites excluding steroid dienone is 6. The molecular formula is C14H18. The van der Waals surface area contributed by atoms with Gasteiger partial charge in [0.25, 0.3) is 0 Å². The van der Waals surface area contributed by atoms with E-state index in [-0.39, 0.29) is 0 Å². The van der Waals surface area contributed by atoms with Crippen molar-refractivity contribution in [2.75, 3.05) is 0 Å². The first kappa shape index (κ1) is 10.9. The molecule has 74 valence electrons. The Hall–Kier alpha value is -1.22. The van der Waals surface area contributed by atoms with Crippen LogP contribution in [0.4, 0.5) is 0 Å². The second kappa shape index (κ2) is 6.27. The van der Waals surface area contributed by atoms with Gasteiger partial charge in [0.15, 0.2) is 0 Å². The number of rotatable bonds is 5. The Balaban J connectivity index is 2.12. The van der Waals surface area contributed by atoms with Gasteiger partial charge in [-0.05, 0) is 37.3 Å². The van der Waals surface area contributed by atoms with E-state index in [1.54, 1.807) is 0 Å². The summed E-state index contributed by atoms with van der Waals surface area (Å²) in [7, 11) is 0. The Morgan fingerprint density at radius 1 is 1.36 bits per heavy atom. The van der Waals surface area contributed by atoms with Crippen molar-refractivity contribution < 1.29 is 0 Å². The lowest BCUT2D eigenvalue weighted by Crippen LogP contribution is -1.79. The number of hydrogen-bond donors (Lipinski definition) is 0. The summed E-state index contributed by atoms with van der Waals surface area (Å²) >= 11 is 0. The molecule has 0 nitrogen and oxygen atoms in total. The first-order valence-corrected chi connectivity index (χ1v) is 5.33. The number of hydrogen-bond acceptors (Lipinski definition) is 0. The molecule has 0 saturated carbocycles. The summed E-state index contributed by atoms with van der Waals surface area (Å²) in [6.07, 6.45) is 19.7. The predicted molar refractivity (Wildman–Crippen MR) is 62.9 cm³/mol. The molecule has 14 heavy (non-hydrogen) atoms. The molecule has 0 heteroatoms. The predicted octanol–water partition coefficient (Wildman–Crippen LogP) is 4.01. The van der Waals surface area contributed by atoms with Gasteiger partial charge in [-0.1, -0.05) is 30.7 Å². The molecule has 0 amide bonds. The van der Waals surface area contributed by atoms with Gasteiger partial charge in [0.05, 0.1) is 0 Å². The molecule has 0 saturated heterocycles. The van der Waals surface area contributed by atoms with Crippen molar-refractivity contribution in [1.29, 1.82) is 0 Å². The number of unbranched alkanes of at least 4 members (excludes halogenated alkanes) is 4. The molecule has 0 bridgehead atoms. The van der Waals surface area contributed by atoms with Gasteiger partial charge in [-0.25, -0.2) is 0 Å². The molecular weight excluding hydrogens is 168 g/mol. The fourth-order valence-electron chi connectivity index (χ4n) is 1.56. The van der Waals surface area contributed by atoms with Crippen molar-refractivity contribution in [2.24, 2.45) is 0 Å². The molecule has 0 heterocycles. The molecule has 1 rings (SSSR count). The summed E-state index contributed by atoms with van der Waals surface area (Å²) in [4.78, 5) is 0. The summed E-state index contributed by atoms with van der Waals surface area (Å²) in [5.74, 6) is 2.67. The third-order valence-electron chi connectivity index (χ3n) is 2.47. The van der Waals surface area contributed by atoms with Gasteiger partial charge in [-0.15, -0.1) is 12.3 Å². The maximum atomic E-state index is 5.18. The van der Waals surface area contributed by atoms with E-state index in [2.05, 4.69) is 37.1 Å². The zero-order valence-corrected chi connectivity index (χ0v) is 8.92. The van der Waals surface area contributed by atoms with E-state index in [1.807, 2.05) is 0 Å². The van der Waals surface area contributed by atoms with Crippen LogP contribution in [0.15, 0.2) is 35.5 Å². The van der Waals surface area contributed by atoms with Crippen molar-refractivity contribution >= 4 is 0 Å². The molecule has 0 atom stereocenters. The SMILES string of the molecule is C#CCCCCCC=C1C=CC=C1C. The molecule has 0 aliphatic heterocycles. The van der Waals surface area contributed by atoms with Crippen LogP contribution in [0, 0.1) is 12.3 Å². The third kappa shape index (κ3) is 3.66. The monoisotopic (exact) mass is 186 g/mol. The smallest absolute Gasteiger partial charge is 0.00860 e. The van der Waals surface area contributed by atoms with Crippen molar-refractivity contribution in [3.8, 4) is 12.3 Å². The minimum atomic E-state index is 0.926. The van der Waals surface area contributed by atoms with Crippen LogP contribution < -0.4 is 0 Å². The van der Waals surface area contributed by atoms with E-state index >= 15 is 0 Å². The van der Waals surface area contributed by atoms with Crippen LogP contribution in [0.1, 0.15) is 39.0 Å². The van der Waals surface area contributed by atoms with Crippen LogP contribution in [-0.2, 0) is 0 Å². The maximum Gasteiger partial charge on any atom is 0.00860 e. The molecule has 0 aromatic rings. The summed E-state index contributed by atoms with van der Waals surface area (Å²) in [5.41, 5.74) is 2.77. The standard InChI is InChI=1S/C14H18/c1-3-4-5-6-7-8-11-14-12-9-10-13(14)2/h1,9-12H,4-8H2,2H3. The molecule has 0 spiro atoms. The molecule has 0 fully saturated rings. The van der Waals surface area contributed by atoms with Crippen LogP contribution in [0.3, 0.4) is 0 Å². The Bertz CT molecular complexity index is 294. The molecule has 0 N–H and O–H groups in total. The van der Waals surface area contributed by atoms with Gasteiger partial charge in [-0.2, -0.15) is 0 Å². The average Bonchev–Trinajstić information content (AvgIpc) is 2.58. The lowest BCUT2D eigenvalue weighted by atomic mass is 10.1. The van der Waals surface area contributed by atoms with Crippen LogP contribution in [0.25, 0.3) is 0 Å². The minimum Gasteiger partial charge on any atom is -0.120 e. The first-order chi connectivity index (χ1) is 6.84. The molecule has 0 aromatic heterocycles. The van der Waals surface area contributed by atoms with Crippen molar-refractivity contribution in [1.82, 2.24) is 0 Å². The van der Waals surface area contributed by atoms with Gasteiger partial charge in [0.1, 0.15) is 0 Å². The van der Waals surface area contributed by atoms with Gasteiger partial charge in [-0.3, -0.25) is 0 Å². The third-order valence-corrected chi connectivity index (χ3v) is 2.47. The number of terminal acetylenes is 1. The van der Waals surface area contributed by atoms with Crippen LogP contribution in [0.5, 0.6) is 0 Å². The van der Waals surface area contributed by atoms with E-state index in [9.17, 15) is 0 Å². The Kier molecular flexibility index (Phi) is 4.86. The summed E-state index contributed by atoms with van der Waals surface area (Å²) in [6.45, 7) is 2.16. The van der Waals surface area contributed by atoms with Crippen molar-refractivity contribution in [3.05, 3.63) is 35.5 Å². The van der Waals surface area contributed by atoms with Gasteiger partial charge in [0.2, 0.25) is 0 Å². The van der Waals surface area contributed by atoms with Gasteiger partial charge in [0, 0.05) is 6.42 Å². The highest BCUT2D eigenvalue weighted by atomic mass is 14.0. The highest BCUT2D eigenvalue weighted by Crippen LogP contribution is 2.18. The summed E-state index contributed by atoms with van der Waals surface area (Å²) < 4.78 is 0. The van der Waals surface area contributed by atoms with Crippen LogP contribution in [-0.4, -0.2) is 0 Å². The fourth-order valence-corrected chi connectivity index (χ4v) is 1.56. The lowest BCUT2D eigenvalue weighted by molar-refractivity contribution is 0.701. The van der Waals surface area contributed by atoms with Crippen molar-refractivity contribution in [2.45, 2.75) is 39.0 Å². The molecule has 1 aliphatic rings. The van der Waals surface area contributed by atoms with Crippen LogP contribution in [0.2, 0.25) is 0 Å². The molecule has 0 radical (unpaired) electrons. The minimum absolute atomic E-state index is 0.926. The first-order valence-electron chi connectivity index (χ1n) is 5.33. The van der Waals surface area contributed by atoms with E-state index in [4.69, 9.17) is 6.42 Å². The van der Waals surface area contributed by atoms with E-state index in [1.165, 1.54) is 36.8 Å². The van der Waals surface area contributed by atoms with E-state index < -0.39 is 0 Å². The second-order valence-electron chi connectivity index (χ2n) is 3.67. The zero-order valence-electron chi connectivity index (χ0n) is 8.92. The highest BCUT2D eigenvalue weighted by Gasteiger charge is 1.98. The maximum absolute atomic E-state index is 5.18. The van der Waals surface area contributed by atoms with Gasteiger partial charge >= 0.3 is 0 Å². The zero-order chi connectivity index (χ0) is 10.2.